The second-order valence-corrected chi connectivity index (χ2v) is 5.62. The van der Waals surface area contributed by atoms with Gasteiger partial charge >= 0.3 is 5.97 Å². The average Bonchev–Trinajstić information content (AvgIpc) is 2.50. The Morgan fingerprint density at radius 1 is 1.09 bits per heavy atom. The summed E-state index contributed by atoms with van der Waals surface area (Å²) in [5, 5.41) is 0.890. The number of benzene rings is 2. The van der Waals surface area contributed by atoms with Gasteiger partial charge in [0.15, 0.2) is 6.10 Å². The third-order valence-electron chi connectivity index (χ3n) is 3.09. The first-order chi connectivity index (χ1) is 10.5. The molecule has 0 aliphatic rings. The van der Waals surface area contributed by atoms with Gasteiger partial charge in [0, 0.05) is 15.6 Å². The fourth-order valence-electron chi connectivity index (χ4n) is 1.95. The van der Waals surface area contributed by atoms with E-state index < -0.39 is 12.1 Å². The Hall–Kier alpha value is -1.84. The molecule has 0 aliphatic heterocycles. The molecule has 0 saturated carbocycles. The fourth-order valence-corrected chi connectivity index (χ4v) is 2.43. The normalized spacial score (nSPS) is 11.8. The highest BCUT2D eigenvalue weighted by molar-refractivity contribution is 6.35. The lowest BCUT2D eigenvalue weighted by atomic mass is 10.1. The summed E-state index contributed by atoms with van der Waals surface area (Å²) in [6, 6.07) is 13.6. The molecule has 0 saturated heterocycles. The summed E-state index contributed by atoms with van der Waals surface area (Å²) in [7, 11) is 0. The van der Waals surface area contributed by atoms with Gasteiger partial charge in [0.05, 0.1) is 6.42 Å². The molecule has 2 aromatic rings. The van der Waals surface area contributed by atoms with Gasteiger partial charge in [0.1, 0.15) is 0 Å². The zero-order valence-corrected chi connectivity index (χ0v) is 13.4. The Labute approximate surface area is 138 Å². The van der Waals surface area contributed by atoms with Crippen molar-refractivity contribution >= 4 is 35.0 Å². The zero-order chi connectivity index (χ0) is 16.1. The van der Waals surface area contributed by atoms with Crippen LogP contribution in [0.3, 0.4) is 0 Å². The average molecular weight is 337 g/mol. The van der Waals surface area contributed by atoms with Crippen molar-refractivity contribution in [1.82, 2.24) is 0 Å². The second kappa shape index (κ2) is 7.43. The summed E-state index contributed by atoms with van der Waals surface area (Å²) < 4.78 is 5.18. The number of hydrogen-bond donors (Lipinski definition) is 0. The summed E-state index contributed by atoms with van der Waals surface area (Å²) in [6.07, 6.45) is -0.858. The molecular formula is C17H14Cl2O3. The quantitative estimate of drug-likeness (QED) is 0.602. The monoisotopic (exact) mass is 336 g/mol. The van der Waals surface area contributed by atoms with E-state index in [0.717, 1.165) is 0 Å². The molecule has 3 nitrogen and oxygen atoms in total. The van der Waals surface area contributed by atoms with Crippen LogP contribution in [-0.4, -0.2) is 17.9 Å². The molecule has 1 atom stereocenters. The number of esters is 1. The van der Waals surface area contributed by atoms with Gasteiger partial charge in [-0.3, -0.25) is 9.59 Å². The Balaban J connectivity index is 1.98. The molecule has 0 heterocycles. The minimum Gasteiger partial charge on any atom is -0.454 e. The van der Waals surface area contributed by atoms with Crippen molar-refractivity contribution in [3.63, 3.8) is 0 Å². The second-order valence-electron chi connectivity index (χ2n) is 4.77. The highest BCUT2D eigenvalue weighted by Crippen LogP contribution is 2.21. The van der Waals surface area contributed by atoms with Gasteiger partial charge in [0.2, 0.25) is 5.78 Å². The standard InChI is InChI=1S/C17H14Cl2O3/c1-11(17(21)12-5-3-2-4-6-12)22-16(20)9-13-7-8-14(18)10-15(13)19/h2-8,10-11H,9H2,1H3. The van der Waals surface area contributed by atoms with Crippen LogP contribution in [0.25, 0.3) is 0 Å². The molecule has 2 rings (SSSR count). The smallest absolute Gasteiger partial charge is 0.311 e. The molecular weight excluding hydrogens is 323 g/mol. The predicted molar refractivity (Wildman–Crippen MR) is 86.5 cm³/mol. The number of Topliss-reactive ketones (excluding diaryl/α,β-unsaturated/α-hetero) is 1. The van der Waals surface area contributed by atoms with Crippen LogP contribution in [0.15, 0.2) is 48.5 Å². The van der Waals surface area contributed by atoms with E-state index in [1.54, 1.807) is 49.4 Å². The molecule has 0 bridgehead atoms. The van der Waals surface area contributed by atoms with E-state index in [9.17, 15) is 9.59 Å². The number of carbonyl (C=O) groups is 2. The number of rotatable bonds is 5. The third kappa shape index (κ3) is 4.33. The van der Waals surface area contributed by atoms with Crippen LogP contribution in [0, 0.1) is 0 Å². The molecule has 0 N–H and O–H groups in total. The molecule has 0 amide bonds. The van der Waals surface area contributed by atoms with Gasteiger partial charge in [-0.2, -0.15) is 0 Å². The van der Waals surface area contributed by atoms with E-state index in [1.807, 2.05) is 6.07 Å². The molecule has 114 valence electrons. The molecule has 22 heavy (non-hydrogen) atoms. The Morgan fingerprint density at radius 2 is 1.77 bits per heavy atom. The maximum absolute atomic E-state index is 12.1. The Morgan fingerprint density at radius 3 is 2.41 bits per heavy atom. The minimum atomic E-state index is -0.846. The number of hydrogen-bond acceptors (Lipinski definition) is 3. The largest absolute Gasteiger partial charge is 0.454 e. The highest BCUT2D eigenvalue weighted by Gasteiger charge is 2.19. The van der Waals surface area contributed by atoms with Crippen LogP contribution in [-0.2, 0) is 16.0 Å². The molecule has 2 aromatic carbocycles. The van der Waals surface area contributed by atoms with Crippen LogP contribution in [0.2, 0.25) is 10.0 Å². The van der Waals surface area contributed by atoms with E-state index in [-0.39, 0.29) is 12.2 Å². The fraction of sp³-hybridized carbons (Fsp3) is 0.176. The van der Waals surface area contributed by atoms with Crippen LogP contribution in [0.4, 0.5) is 0 Å². The van der Waals surface area contributed by atoms with Crippen molar-refractivity contribution in [2.45, 2.75) is 19.4 Å². The summed E-state index contributed by atoms with van der Waals surface area (Å²) in [6.45, 7) is 1.55. The van der Waals surface area contributed by atoms with E-state index >= 15 is 0 Å². The van der Waals surface area contributed by atoms with Gasteiger partial charge in [-0.25, -0.2) is 0 Å². The topological polar surface area (TPSA) is 43.4 Å². The minimum absolute atomic E-state index is 0.0115. The first-order valence-electron chi connectivity index (χ1n) is 6.70. The lowest BCUT2D eigenvalue weighted by Gasteiger charge is -2.13. The first kappa shape index (κ1) is 16.5. The molecule has 1 unspecified atom stereocenters. The van der Waals surface area contributed by atoms with Crippen molar-refractivity contribution in [3.8, 4) is 0 Å². The van der Waals surface area contributed by atoms with Crippen LogP contribution >= 0.6 is 23.2 Å². The predicted octanol–water partition coefficient (Wildman–Crippen LogP) is 4.35. The van der Waals surface area contributed by atoms with Gasteiger partial charge in [-0.15, -0.1) is 0 Å². The lowest BCUT2D eigenvalue weighted by Crippen LogP contribution is -2.25. The van der Waals surface area contributed by atoms with E-state index in [0.29, 0.717) is 21.2 Å². The number of ether oxygens (including phenoxy) is 1. The van der Waals surface area contributed by atoms with Crippen LogP contribution < -0.4 is 0 Å². The SMILES string of the molecule is CC(OC(=O)Cc1ccc(Cl)cc1Cl)C(=O)c1ccccc1. The summed E-state index contributed by atoms with van der Waals surface area (Å²) in [5.41, 5.74) is 1.11. The lowest BCUT2D eigenvalue weighted by molar-refractivity contribution is -0.145. The zero-order valence-electron chi connectivity index (χ0n) is 11.9. The molecule has 0 spiro atoms. The van der Waals surface area contributed by atoms with Crippen molar-refractivity contribution in [2.24, 2.45) is 0 Å². The van der Waals surface area contributed by atoms with Crippen molar-refractivity contribution < 1.29 is 14.3 Å². The summed E-state index contributed by atoms with van der Waals surface area (Å²) in [5.74, 6) is -0.753. The van der Waals surface area contributed by atoms with Gasteiger partial charge in [-0.1, -0.05) is 59.6 Å². The van der Waals surface area contributed by atoms with Gasteiger partial charge < -0.3 is 4.74 Å². The van der Waals surface area contributed by atoms with Gasteiger partial charge in [-0.05, 0) is 24.6 Å². The number of ketones is 1. The van der Waals surface area contributed by atoms with E-state index in [1.165, 1.54) is 0 Å². The number of halogens is 2. The highest BCUT2D eigenvalue weighted by atomic mass is 35.5. The molecule has 0 aliphatic carbocycles. The number of carbonyl (C=O) groups excluding carboxylic acids is 2. The van der Waals surface area contributed by atoms with Crippen molar-refractivity contribution in [3.05, 3.63) is 69.7 Å². The first-order valence-corrected chi connectivity index (χ1v) is 7.45. The Bertz CT molecular complexity index is 684. The summed E-state index contributed by atoms with van der Waals surface area (Å²) in [4.78, 5) is 24.1. The molecule has 0 radical (unpaired) electrons. The van der Waals surface area contributed by atoms with Gasteiger partial charge in [0.25, 0.3) is 0 Å². The van der Waals surface area contributed by atoms with Crippen molar-refractivity contribution in [1.29, 1.82) is 0 Å². The molecule has 0 aromatic heterocycles. The molecule has 5 heteroatoms. The maximum Gasteiger partial charge on any atom is 0.311 e. The maximum atomic E-state index is 12.1. The van der Waals surface area contributed by atoms with E-state index in [2.05, 4.69) is 0 Å². The van der Waals surface area contributed by atoms with Crippen LogP contribution in [0.5, 0.6) is 0 Å². The molecule has 0 fully saturated rings. The third-order valence-corrected chi connectivity index (χ3v) is 3.67. The Kier molecular flexibility index (Phi) is 5.58. The van der Waals surface area contributed by atoms with Crippen LogP contribution in [0.1, 0.15) is 22.8 Å². The van der Waals surface area contributed by atoms with Crippen molar-refractivity contribution in [2.75, 3.05) is 0 Å². The summed E-state index contributed by atoms with van der Waals surface area (Å²) >= 11 is 11.8. The van der Waals surface area contributed by atoms with E-state index in [4.69, 9.17) is 27.9 Å².